The minimum atomic E-state index is -0.395. The number of halogens is 1. The molecule has 1 saturated carbocycles. The summed E-state index contributed by atoms with van der Waals surface area (Å²) in [4.78, 5) is 14.8. The van der Waals surface area contributed by atoms with Crippen LogP contribution in [0.25, 0.3) is 0 Å². The fraction of sp³-hybridized carbons (Fsp3) is 0.615. The highest BCUT2D eigenvalue weighted by Gasteiger charge is 2.29. The molecule has 0 bridgehead atoms. The highest BCUT2D eigenvalue weighted by molar-refractivity contribution is 9.10. The maximum absolute atomic E-state index is 11.0. The van der Waals surface area contributed by atoms with Crippen molar-refractivity contribution >= 4 is 27.4 Å². The van der Waals surface area contributed by atoms with Crippen molar-refractivity contribution in [3.05, 3.63) is 26.9 Å². The second-order valence-corrected chi connectivity index (χ2v) is 6.80. The maximum atomic E-state index is 11.0. The van der Waals surface area contributed by atoms with Crippen molar-refractivity contribution in [1.82, 2.24) is 4.98 Å². The van der Waals surface area contributed by atoms with Gasteiger partial charge < -0.3 is 5.32 Å². The summed E-state index contributed by atoms with van der Waals surface area (Å²) in [7, 11) is 0. The highest BCUT2D eigenvalue weighted by atomic mass is 79.9. The first-order chi connectivity index (χ1) is 8.87. The van der Waals surface area contributed by atoms with Crippen molar-refractivity contribution in [3.8, 4) is 0 Å². The Hall–Kier alpha value is -1.17. The van der Waals surface area contributed by atoms with Gasteiger partial charge in [-0.25, -0.2) is 4.98 Å². The van der Waals surface area contributed by atoms with E-state index in [9.17, 15) is 10.1 Å². The second kappa shape index (κ2) is 5.45. The number of nitrogens with one attached hydrogen (secondary N) is 1. The number of nitro groups is 1. The van der Waals surface area contributed by atoms with Crippen LogP contribution >= 0.6 is 15.9 Å². The smallest absolute Gasteiger partial charge is 0.312 e. The van der Waals surface area contributed by atoms with E-state index >= 15 is 0 Å². The van der Waals surface area contributed by atoms with E-state index in [1.165, 1.54) is 12.5 Å². The molecule has 1 unspecified atom stereocenters. The molecule has 5 nitrogen and oxygen atoms in total. The molecule has 1 aromatic rings. The largest absolute Gasteiger partial charge is 0.362 e. The third-order valence-corrected chi connectivity index (χ3v) is 4.01. The molecular formula is C13H18BrN3O2. The Bertz CT molecular complexity index is 491. The molecule has 0 aliphatic heterocycles. The molecular weight excluding hydrogens is 310 g/mol. The molecule has 1 aromatic heterocycles. The van der Waals surface area contributed by atoms with Gasteiger partial charge in [0.25, 0.3) is 0 Å². The number of hydrogen-bond donors (Lipinski definition) is 1. The van der Waals surface area contributed by atoms with Crippen molar-refractivity contribution in [2.24, 2.45) is 5.41 Å². The summed E-state index contributed by atoms with van der Waals surface area (Å²) in [6, 6.07) is 1.75. The molecule has 1 fully saturated rings. The minimum absolute atomic E-state index is 0.0257. The summed E-state index contributed by atoms with van der Waals surface area (Å²) in [6.45, 7) is 4.48. The van der Waals surface area contributed by atoms with Gasteiger partial charge in [0, 0.05) is 22.8 Å². The Labute approximate surface area is 121 Å². The average Bonchev–Trinajstić information content (AvgIpc) is 2.30. The molecule has 1 aliphatic rings. The molecule has 0 radical (unpaired) electrons. The first kappa shape index (κ1) is 14.2. The van der Waals surface area contributed by atoms with Gasteiger partial charge in [-0.05, 0) is 40.6 Å². The predicted molar refractivity (Wildman–Crippen MR) is 78.3 cm³/mol. The predicted octanol–water partition coefficient (Wildman–Crippen LogP) is 4.13. The average molecular weight is 328 g/mol. The first-order valence-corrected chi connectivity index (χ1v) is 7.23. The topological polar surface area (TPSA) is 68.1 Å². The number of nitrogens with zero attached hydrogens (tertiary/aromatic N) is 2. The lowest BCUT2D eigenvalue weighted by Crippen LogP contribution is -2.32. The van der Waals surface area contributed by atoms with Gasteiger partial charge in [-0.15, -0.1) is 0 Å². The molecule has 1 aliphatic carbocycles. The molecule has 0 saturated heterocycles. The lowest BCUT2D eigenvalue weighted by atomic mass is 9.75. The van der Waals surface area contributed by atoms with Crippen LogP contribution in [0.4, 0.5) is 11.5 Å². The van der Waals surface area contributed by atoms with Crippen molar-refractivity contribution < 1.29 is 4.92 Å². The summed E-state index contributed by atoms with van der Waals surface area (Å²) in [5.74, 6) is 0.371. The molecule has 6 heteroatoms. The molecule has 0 aromatic carbocycles. The molecule has 1 N–H and O–H groups in total. The SMILES string of the molecule is CC1(C)CCCC(Nc2ncc(Br)cc2[N+](=O)[O-])C1. The van der Waals surface area contributed by atoms with Gasteiger partial charge >= 0.3 is 5.69 Å². The number of aromatic nitrogens is 1. The van der Waals surface area contributed by atoms with Gasteiger partial charge in [-0.3, -0.25) is 10.1 Å². The van der Waals surface area contributed by atoms with Crippen LogP contribution in [0.15, 0.2) is 16.7 Å². The summed E-state index contributed by atoms with van der Waals surface area (Å²) in [6.07, 6.45) is 6.00. The van der Waals surface area contributed by atoms with Gasteiger partial charge in [-0.2, -0.15) is 0 Å². The fourth-order valence-corrected chi connectivity index (χ4v) is 3.01. The lowest BCUT2D eigenvalue weighted by Gasteiger charge is -2.35. The van der Waals surface area contributed by atoms with Crippen LogP contribution in [0, 0.1) is 15.5 Å². The van der Waals surface area contributed by atoms with Gasteiger partial charge in [0.15, 0.2) is 0 Å². The standard InChI is InChI=1S/C13H18BrN3O2/c1-13(2)5-3-4-10(7-13)16-12-11(17(18)19)6-9(14)8-15-12/h6,8,10H,3-5,7H2,1-2H3,(H,15,16). The van der Waals surface area contributed by atoms with Gasteiger partial charge in [-0.1, -0.05) is 20.3 Å². The minimum Gasteiger partial charge on any atom is -0.362 e. The van der Waals surface area contributed by atoms with E-state index in [1.54, 1.807) is 6.20 Å². The second-order valence-electron chi connectivity index (χ2n) is 5.88. The Morgan fingerprint density at radius 2 is 2.32 bits per heavy atom. The third-order valence-electron chi connectivity index (χ3n) is 3.58. The molecule has 0 amide bonds. The maximum Gasteiger partial charge on any atom is 0.312 e. The lowest BCUT2D eigenvalue weighted by molar-refractivity contribution is -0.384. The van der Waals surface area contributed by atoms with Crippen LogP contribution in [-0.2, 0) is 0 Å². The third kappa shape index (κ3) is 3.65. The van der Waals surface area contributed by atoms with Crippen LogP contribution in [0.1, 0.15) is 39.5 Å². The zero-order valence-electron chi connectivity index (χ0n) is 11.1. The molecule has 104 valence electrons. The van der Waals surface area contributed by atoms with Crippen LogP contribution in [0.3, 0.4) is 0 Å². The van der Waals surface area contributed by atoms with Gasteiger partial charge in [0.1, 0.15) is 0 Å². The number of hydrogen-bond acceptors (Lipinski definition) is 4. The Kier molecular flexibility index (Phi) is 4.08. The van der Waals surface area contributed by atoms with Crippen molar-refractivity contribution in [2.75, 3.05) is 5.32 Å². The van der Waals surface area contributed by atoms with Crippen LogP contribution in [0.5, 0.6) is 0 Å². The van der Waals surface area contributed by atoms with E-state index in [2.05, 4.69) is 40.1 Å². The van der Waals surface area contributed by atoms with Gasteiger partial charge in [0.05, 0.1) is 4.92 Å². The summed E-state index contributed by atoms with van der Waals surface area (Å²) in [5.41, 5.74) is 0.317. The molecule has 19 heavy (non-hydrogen) atoms. The Morgan fingerprint density at radius 3 is 2.95 bits per heavy atom. The summed E-state index contributed by atoms with van der Waals surface area (Å²) < 4.78 is 0.619. The summed E-state index contributed by atoms with van der Waals surface area (Å²) in [5, 5.41) is 14.3. The zero-order chi connectivity index (χ0) is 14.0. The van der Waals surface area contributed by atoms with E-state index in [4.69, 9.17) is 0 Å². The van der Waals surface area contributed by atoms with Crippen molar-refractivity contribution in [3.63, 3.8) is 0 Å². The normalized spacial score (nSPS) is 21.9. The summed E-state index contributed by atoms with van der Waals surface area (Å²) >= 11 is 3.21. The first-order valence-electron chi connectivity index (χ1n) is 6.44. The molecule has 0 spiro atoms. The van der Waals surface area contributed by atoms with E-state index in [-0.39, 0.29) is 11.7 Å². The van der Waals surface area contributed by atoms with E-state index < -0.39 is 4.92 Å². The van der Waals surface area contributed by atoms with Crippen LogP contribution in [-0.4, -0.2) is 15.9 Å². The molecule has 1 atom stereocenters. The van der Waals surface area contributed by atoms with E-state index in [0.717, 1.165) is 19.3 Å². The fourth-order valence-electron chi connectivity index (χ4n) is 2.69. The Balaban J connectivity index is 2.17. The number of pyridine rings is 1. The molecule has 2 rings (SSSR count). The number of rotatable bonds is 3. The van der Waals surface area contributed by atoms with E-state index in [0.29, 0.717) is 15.7 Å². The van der Waals surface area contributed by atoms with Crippen LogP contribution < -0.4 is 5.32 Å². The van der Waals surface area contributed by atoms with Gasteiger partial charge in [0.2, 0.25) is 5.82 Å². The monoisotopic (exact) mass is 327 g/mol. The number of anilines is 1. The highest BCUT2D eigenvalue weighted by Crippen LogP contribution is 2.37. The van der Waals surface area contributed by atoms with Crippen molar-refractivity contribution in [2.45, 2.75) is 45.6 Å². The Morgan fingerprint density at radius 1 is 1.58 bits per heavy atom. The van der Waals surface area contributed by atoms with Crippen LogP contribution in [0.2, 0.25) is 0 Å². The van der Waals surface area contributed by atoms with Crippen molar-refractivity contribution in [1.29, 1.82) is 0 Å². The quantitative estimate of drug-likeness (QED) is 0.669. The molecule has 1 heterocycles. The van der Waals surface area contributed by atoms with E-state index in [1.807, 2.05) is 0 Å². The zero-order valence-corrected chi connectivity index (χ0v) is 12.7.